The molecule has 0 unspecified atom stereocenters. The van der Waals surface area contributed by atoms with Crippen LogP contribution in [0.5, 0.6) is 0 Å². The summed E-state index contributed by atoms with van der Waals surface area (Å²) in [6, 6.07) is 0. The summed E-state index contributed by atoms with van der Waals surface area (Å²) in [7, 11) is 0. The van der Waals surface area contributed by atoms with Crippen LogP contribution >= 0.6 is 0 Å². The summed E-state index contributed by atoms with van der Waals surface area (Å²) in [6.07, 6.45) is -0.900. The molecule has 1 N–H and O–H groups in total. The monoisotopic (exact) mass is 203 g/mol. The highest BCUT2D eigenvalue weighted by Crippen LogP contribution is 2.09. The lowest BCUT2D eigenvalue weighted by atomic mass is 10.2. The normalized spacial score (nSPS) is 13.6. The lowest BCUT2D eigenvalue weighted by Gasteiger charge is -2.27. The molecule has 0 bridgehead atoms. The fraction of sp³-hybridized carbons (Fsp3) is 0.900. The summed E-state index contributed by atoms with van der Waals surface area (Å²) in [5.41, 5.74) is -0.483. The van der Waals surface area contributed by atoms with Crippen molar-refractivity contribution in [3.63, 3.8) is 0 Å². The van der Waals surface area contributed by atoms with Gasteiger partial charge in [0.05, 0.1) is 6.10 Å². The molecule has 1 amide bonds. The van der Waals surface area contributed by atoms with E-state index in [9.17, 15) is 4.79 Å². The standard InChI is InChI=1S/C10H21NO3/c1-6-11(7-8(2)12)9(13)14-10(3,4)5/h8,12H,6-7H2,1-5H3/t8-/m1/s1. The number of hydrogen-bond acceptors (Lipinski definition) is 3. The third-order valence-corrected chi connectivity index (χ3v) is 1.52. The zero-order valence-electron chi connectivity index (χ0n) is 9.70. The van der Waals surface area contributed by atoms with Gasteiger partial charge >= 0.3 is 6.09 Å². The zero-order chi connectivity index (χ0) is 11.4. The van der Waals surface area contributed by atoms with Gasteiger partial charge in [0.1, 0.15) is 5.60 Å². The van der Waals surface area contributed by atoms with Gasteiger partial charge in [0.2, 0.25) is 0 Å². The second-order valence-corrected chi connectivity index (χ2v) is 4.37. The van der Waals surface area contributed by atoms with Crippen LogP contribution in [-0.4, -0.2) is 40.9 Å². The van der Waals surface area contributed by atoms with Crippen molar-refractivity contribution in [2.24, 2.45) is 0 Å². The second kappa shape index (κ2) is 5.20. The SMILES string of the molecule is CCN(C[C@@H](C)O)C(=O)OC(C)(C)C. The fourth-order valence-corrected chi connectivity index (χ4v) is 0.978. The first-order valence-electron chi connectivity index (χ1n) is 4.92. The van der Waals surface area contributed by atoms with Crippen LogP contribution in [0, 0.1) is 0 Å². The summed E-state index contributed by atoms with van der Waals surface area (Å²) in [6.45, 7) is 9.81. The minimum absolute atomic E-state index is 0.311. The van der Waals surface area contributed by atoms with E-state index in [0.717, 1.165) is 0 Å². The molecule has 4 nitrogen and oxygen atoms in total. The van der Waals surface area contributed by atoms with E-state index in [-0.39, 0.29) is 6.09 Å². The van der Waals surface area contributed by atoms with E-state index in [1.807, 2.05) is 27.7 Å². The molecule has 0 fully saturated rings. The van der Waals surface area contributed by atoms with Crippen LogP contribution < -0.4 is 0 Å². The van der Waals surface area contributed by atoms with Gasteiger partial charge in [0, 0.05) is 13.1 Å². The molecular weight excluding hydrogens is 182 g/mol. The summed E-state index contributed by atoms with van der Waals surface area (Å²) >= 11 is 0. The van der Waals surface area contributed by atoms with E-state index < -0.39 is 11.7 Å². The Morgan fingerprint density at radius 1 is 1.50 bits per heavy atom. The number of nitrogens with zero attached hydrogens (tertiary/aromatic N) is 1. The van der Waals surface area contributed by atoms with E-state index >= 15 is 0 Å². The lowest BCUT2D eigenvalue weighted by molar-refractivity contribution is 0.0174. The quantitative estimate of drug-likeness (QED) is 0.758. The molecule has 0 radical (unpaired) electrons. The Labute approximate surface area is 85.9 Å². The minimum Gasteiger partial charge on any atom is -0.444 e. The van der Waals surface area contributed by atoms with Gasteiger partial charge in [-0.1, -0.05) is 0 Å². The molecular formula is C10H21NO3. The van der Waals surface area contributed by atoms with E-state index in [0.29, 0.717) is 13.1 Å². The maximum Gasteiger partial charge on any atom is 0.410 e. The molecule has 0 aromatic heterocycles. The molecule has 14 heavy (non-hydrogen) atoms. The van der Waals surface area contributed by atoms with Crippen molar-refractivity contribution in [2.75, 3.05) is 13.1 Å². The van der Waals surface area contributed by atoms with Crippen molar-refractivity contribution in [3.05, 3.63) is 0 Å². The molecule has 1 atom stereocenters. The molecule has 84 valence electrons. The third kappa shape index (κ3) is 5.80. The topological polar surface area (TPSA) is 49.8 Å². The lowest BCUT2D eigenvalue weighted by Crippen LogP contribution is -2.40. The van der Waals surface area contributed by atoms with E-state index in [2.05, 4.69) is 0 Å². The summed E-state index contributed by atoms with van der Waals surface area (Å²) in [5.74, 6) is 0. The van der Waals surface area contributed by atoms with Crippen LogP contribution in [0.1, 0.15) is 34.6 Å². The summed E-state index contributed by atoms with van der Waals surface area (Å²) in [5, 5.41) is 9.15. The zero-order valence-corrected chi connectivity index (χ0v) is 9.70. The van der Waals surface area contributed by atoms with Gasteiger partial charge in [-0.3, -0.25) is 0 Å². The number of amides is 1. The second-order valence-electron chi connectivity index (χ2n) is 4.37. The van der Waals surface area contributed by atoms with Gasteiger partial charge in [0.25, 0.3) is 0 Å². The number of carbonyl (C=O) groups is 1. The molecule has 4 heteroatoms. The Morgan fingerprint density at radius 3 is 2.29 bits per heavy atom. The Bertz CT molecular complexity index is 184. The van der Waals surface area contributed by atoms with Crippen LogP contribution in [0.15, 0.2) is 0 Å². The largest absolute Gasteiger partial charge is 0.444 e. The summed E-state index contributed by atoms with van der Waals surface area (Å²) in [4.78, 5) is 13.0. The molecule has 0 aromatic rings. The molecule has 0 aliphatic carbocycles. The number of likely N-dealkylation sites (N-methyl/N-ethyl adjacent to an activating group) is 1. The van der Waals surface area contributed by atoms with Crippen molar-refractivity contribution < 1.29 is 14.6 Å². The predicted octanol–water partition coefficient (Wildman–Crippen LogP) is 1.62. The molecule has 0 aliphatic rings. The van der Waals surface area contributed by atoms with Gasteiger partial charge < -0.3 is 14.7 Å². The van der Waals surface area contributed by atoms with Crippen LogP contribution in [-0.2, 0) is 4.74 Å². The number of carbonyl (C=O) groups excluding carboxylic acids is 1. The Morgan fingerprint density at radius 2 is 2.00 bits per heavy atom. The van der Waals surface area contributed by atoms with Crippen molar-refractivity contribution in [1.29, 1.82) is 0 Å². The van der Waals surface area contributed by atoms with Crippen molar-refractivity contribution >= 4 is 6.09 Å². The van der Waals surface area contributed by atoms with Crippen LogP contribution in [0.25, 0.3) is 0 Å². The van der Waals surface area contributed by atoms with Crippen molar-refractivity contribution in [1.82, 2.24) is 4.90 Å². The van der Waals surface area contributed by atoms with Gasteiger partial charge in [-0.15, -0.1) is 0 Å². The van der Waals surface area contributed by atoms with Gasteiger partial charge in [-0.25, -0.2) is 4.79 Å². The molecule has 0 saturated carbocycles. The highest BCUT2D eigenvalue weighted by Gasteiger charge is 2.21. The highest BCUT2D eigenvalue weighted by molar-refractivity contribution is 5.68. The smallest absolute Gasteiger partial charge is 0.410 e. The number of rotatable bonds is 3. The molecule has 0 saturated heterocycles. The third-order valence-electron chi connectivity index (χ3n) is 1.52. The Kier molecular flexibility index (Phi) is 4.91. The average Bonchev–Trinajstić information content (AvgIpc) is 1.96. The first-order chi connectivity index (χ1) is 6.26. The van der Waals surface area contributed by atoms with Gasteiger partial charge in [-0.2, -0.15) is 0 Å². The first kappa shape index (κ1) is 13.2. The molecule has 0 aromatic carbocycles. The Hall–Kier alpha value is -0.770. The maximum atomic E-state index is 11.5. The molecule has 0 rings (SSSR count). The number of aliphatic hydroxyl groups is 1. The predicted molar refractivity (Wildman–Crippen MR) is 55.2 cm³/mol. The van der Waals surface area contributed by atoms with Crippen molar-refractivity contribution in [2.45, 2.75) is 46.3 Å². The highest BCUT2D eigenvalue weighted by atomic mass is 16.6. The Balaban J connectivity index is 4.18. The van der Waals surface area contributed by atoms with Gasteiger partial charge in [-0.05, 0) is 34.6 Å². The maximum absolute atomic E-state index is 11.5. The molecule has 0 aliphatic heterocycles. The van der Waals surface area contributed by atoms with Crippen molar-refractivity contribution in [3.8, 4) is 0 Å². The number of aliphatic hydroxyl groups excluding tert-OH is 1. The van der Waals surface area contributed by atoms with Gasteiger partial charge in [0.15, 0.2) is 0 Å². The van der Waals surface area contributed by atoms with Crippen LogP contribution in [0.4, 0.5) is 4.79 Å². The van der Waals surface area contributed by atoms with E-state index in [1.54, 1.807) is 6.92 Å². The fourth-order valence-electron chi connectivity index (χ4n) is 0.978. The number of hydrogen-bond donors (Lipinski definition) is 1. The van der Waals surface area contributed by atoms with Crippen LogP contribution in [0.3, 0.4) is 0 Å². The minimum atomic E-state index is -0.525. The first-order valence-corrected chi connectivity index (χ1v) is 4.92. The average molecular weight is 203 g/mol. The number of ether oxygens (including phenoxy) is 1. The summed E-state index contributed by atoms with van der Waals surface area (Å²) < 4.78 is 5.17. The van der Waals surface area contributed by atoms with E-state index in [1.165, 1.54) is 4.90 Å². The van der Waals surface area contributed by atoms with E-state index in [4.69, 9.17) is 9.84 Å². The van der Waals surface area contributed by atoms with Crippen LogP contribution in [0.2, 0.25) is 0 Å². The molecule has 0 spiro atoms. The molecule has 0 heterocycles.